The molecular formula is C18H21BrO10. The Bertz CT molecular complexity index is 826. The number of hydrogen-bond acceptors (Lipinski definition) is 10. The van der Waals surface area contributed by atoms with Crippen LogP contribution in [0.2, 0.25) is 0 Å². The van der Waals surface area contributed by atoms with Crippen LogP contribution in [-0.4, -0.2) is 70.5 Å². The Morgan fingerprint density at radius 2 is 1.97 bits per heavy atom. The first-order chi connectivity index (χ1) is 13.8. The zero-order valence-corrected chi connectivity index (χ0v) is 17.2. The van der Waals surface area contributed by atoms with Crippen molar-refractivity contribution >= 4 is 27.9 Å². The maximum Gasteiger partial charge on any atom is 0.340 e. The summed E-state index contributed by atoms with van der Waals surface area (Å²) < 4.78 is 21.3. The quantitative estimate of drug-likeness (QED) is 0.451. The molecule has 11 heteroatoms. The molecule has 0 amide bonds. The Balaban J connectivity index is 2.13. The van der Waals surface area contributed by atoms with E-state index in [4.69, 9.17) is 18.9 Å². The monoisotopic (exact) mass is 476 g/mol. The minimum absolute atomic E-state index is 0.0744. The second-order valence-electron chi connectivity index (χ2n) is 6.68. The van der Waals surface area contributed by atoms with Crippen LogP contribution in [0.5, 0.6) is 17.2 Å². The number of benzene rings is 1. The maximum absolute atomic E-state index is 12.6. The third-order valence-electron chi connectivity index (χ3n) is 4.88. The Kier molecular flexibility index (Phi) is 6.22. The van der Waals surface area contributed by atoms with Crippen molar-refractivity contribution in [1.82, 2.24) is 0 Å². The Hall–Kier alpha value is -2.08. The zero-order chi connectivity index (χ0) is 21.5. The van der Waals surface area contributed by atoms with Crippen LogP contribution >= 0.6 is 15.9 Å². The molecule has 1 fully saturated rings. The molecule has 2 heterocycles. The van der Waals surface area contributed by atoms with Crippen LogP contribution in [0, 0.1) is 0 Å². The van der Waals surface area contributed by atoms with Gasteiger partial charge in [-0.25, -0.2) is 4.79 Å². The van der Waals surface area contributed by atoms with E-state index in [0.29, 0.717) is 6.42 Å². The van der Waals surface area contributed by atoms with Crippen molar-refractivity contribution < 1.29 is 49.0 Å². The topological polar surface area (TPSA) is 152 Å². The molecule has 2 aliphatic rings. The number of phenols is 2. The molecule has 160 valence electrons. The molecule has 0 bridgehead atoms. The molecule has 3 rings (SSSR count). The molecule has 1 aromatic carbocycles. The van der Waals surface area contributed by atoms with Gasteiger partial charge in [-0.2, -0.15) is 0 Å². The maximum atomic E-state index is 12.6. The van der Waals surface area contributed by atoms with E-state index in [-0.39, 0.29) is 27.8 Å². The number of aliphatic hydroxyl groups excluding tert-OH is 2. The second kappa shape index (κ2) is 8.34. The number of hydrogen-bond donors (Lipinski definition) is 4. The number of esters is 2. The number of phenolic OH excluding ortho intramolecular Hbond substituents is 2. The number of ether oxygens (including phenoxy) is 4. The number of halogens is 1. The van der Waals surface area contributed by atoms with Crippen LogP contribution in [0.3, 0.4) is 0 Å². The highest BCUT2D eigenvalue weighted by molar-refractivity contribution is 9.10. The van der Waals surface area contributed by atoms with Crippen molar-refractivity contribution in [3.05, 3.63) is 15.6 Å². The van der Waals surface area contributed by atoms with Crippen LogP contribution < -0.4 is 4.74 Å². The fourth-order valence-corrected chi connectivity index (χ4v) is 4.09. The summed E-state index contributed by atoms with van der Waals surface area (Å²) in [4.78, 5) is 24.7. The summed E-state index contributed by atoms with van der Waals surface area (Å²) in [7, 11) is 1.21. The van der Waals surface area contributed by atoms with Gasteiger partial charge in [0.05, 0.1) is 23.8 Å². The zero-order valence-electron chi connectivity index (χ0n) is 15.6. The van der Waals surface area contributed by atoms with E-state index in [0.717, 1.165) is 0 Å². The standard InChI is InChI=1S/C18H21BrO10/c1-3-4-7(21)28-16-11(22)6(5-20)27-14-9-8(18(25)29-17(14)16)10(19)13(24)15(26-2)12(9)23/h6,11,14,16-17,20,22-24H,3-5H2,1-2H3. The van der Waals surface area contributed by atoms with E-state index in [1.165, 1.54) is 7.11 Å². The Labute approximate surface area is 174 Å². The van der Waals surface area contributed by atoms with Gasteiger partial charge in [-0.1, -0.05) is 6.92 Å². The van der Waals surface area contributed by atoms with Crippen molar-refractivity contribution in [3.63, 3.8) is 0 Å². The Morgan fingerprint density at radius 3 is 2.55 bits per heavy atom. The van der Waals surface area contributed by atoms with E-state index >= 15 is 0 Å². The highest BCUT2D eigenvalue weighted by Crippen LogP contribution is 2.53. The van der Waals surface area contributed by atoms with Crippen LogP contribution in [-0.2, 0) is 19.0 Å². The van der Waals surface area contributed by atoms with Gasteiger partial charge in [0, 0.05) is 12.0 Å². The van der Waals surface area contributed by atoms with Gasteiger partial charge in [-0.3, -0.25) is 4.79 Å². The second-order valence-corrected chi connectivity index (χ2v) is 7.47. The first-order valence-electron chi connectivity index (χ1n) is 8.92. The molecule has 10 nitrogen and oxygen atoms in total. The van der Waals surface area contributed by atoms with Crippen molar-refractivity contribution in [2.24, 2.45) is 0 Å². The third kappa shape index (κ3) is 3.52. The first-order valence-corrected chi connectivity index (χ1v) is 9.72. The molecule has 0 radical (unpaired) electrons. The summed E-state index contributed by atoms with van der Waals surface area (Å²) in [6, 6.07) is 0. The predicted octanol–water partition coefficient (Wildman–Crippen LogP) is 0.913. The summed E-state index contributed by atoms with van der Waals surface area (Å²) in [5.41, 5.74) is -0.275. The van der Waals surface area contributed by atoms with Gasteiger partial charge in [-0.15, -0.1) is 0 Å². The number of methoxy groups -OCH3 is 1. The highest BCUT2D eigenvalue weighted by atomic mass is 79.9. The van der Waals surface area contributed by atoms with Crippen molar-refractivity contribution in [2.45, 2.75) is 50.3 Å². The molecule has 5 unspecified atom stereocenters. The molecule has 29 heavy (non-hydrogen) atoms. The number of carbonyl (C=O) groups excluding carboxylic acids is 2. The fraction of sp³-hybridized carbons (Fsp3) is 0.556. The summed E-state index contributed by atoms with van der Waals surface area (Å²) in [5, 5.41) is 40.9. The lowest BCUT2D eigenvalue weighted by Crippen LogP contribution is -2.59. The SMILES string of the molecule is CCCC(=O)OC1C(O)C(CO)OC2c3c(O)c(OC)c(O)c(Br)c3C(=O)OC21. The van der Waals surface area contributed by atoms with Gasteiger partial charge in [0.25, 0.3) is 0 Å². The van der Waals surface area contributed by atoms with Crippen molar-refractivity contribution in [3.8, 4) is 17.2 Å². The minimum atomic E-state index is -1.47. The number of rotatable bonds is 5. The normalized spacial score (nSPS) is 28.2. The number of fused-ring (bicyclic) bond motifs is 3. The van der Waals surface area contributed by atoms with Gasteiger partial charge < -0.3 is 39.4 Å². The molecular weight excluding hydrogens is 456 g/mol. The van der Waals surface area contributed by atoms with Gasteiger partial charge in [0.2, 0.25) is 5.75 Å². The average Bonchev–Trinajstić information content (AvgIpc) is 2.68. The van der Waals surface area contributed by atoms with E-state index < -0.39 is 60.6 Å². The summed E-state index contributed by atoms with van der Waals surface area (Å²) in [6.07, 6.45) is -5.90. The fourth-order valence-electron chi connectivity index (χ4n) is 3.53. The lowest BCUT2D eigenvalue weighted by molar-refractivity contribution is -0.244. The minimum Gasteiger partial charge on any atom is -0.504 e. The lowest BCUT2D eigenvalue weighted by Gasteiger charge is -2.45. The van der Waals surface area contributed by atoms with Gasteiger partial charge >= 0.3 is 11.9 Å². The molecule has 1 saturated heterocycles. The Morgan fingerprint density at radius 1 is 1.28 bits per heavy atom. The van der Waals surface area contributed by atoms with Gasteiger partial charge in [0.1, 0.15) is 18.3 Å². The molecule has 0 spiro atoms. The summed E-state index contributed by atoms with van der Waals surface area (Å²) in [5.74, 6) is -2.94. The largest absolute Gasteiger partial charge is 0.504 e. The molecule has 1 aromatic rings. The molecule has 0 aromatic heterocycles. The number of aliphatic hydroxyl groups is 2. The molecule has 5 atom stereocenters. The number of carbonyl (C=O) groups is 2. The smallest absolute Gasteiger partial charge is 0.340 e. The van der Waals surface area contributed by atoms with Crippen molar-refractivity contribution in [1.29, 1.82) is 0 Å². The molecule has 0 saturated carbocycles. The van der Waals surface area contributed by atoms with Gasteiger partial charge in [-0.05, 0) is 22.4 Å². The van der Waals surface area contributed by atoms with Gasteiger partial charge in [0.15, 0.2) is 23.7 Å². The van der Waals surface area contributed by atoms with E-state index in [1.54, 1.807) is 6.92 Å². The van der Waals surface area contributed by atoms with E-state index in [9.17, 15) is 30.0 Å². The summed E-state index contributed by atoms with van der Waals surface area (Å²) in [6.45, 7) is 1.15. The van der Waals surface area contributed by atoms with E-state index in [1.807, 2.05) is 0 Å². The molecule has 0 aliphatic carbocycles. The lowest BCUT2D eigenvalue weighted by atomic mass is 9.86. The average molecular weight is 477 g/mol. The predicted molar refractivity (Wildman–Crippen MR) is 98.7 cm³/mol. The van der Waals surface area contributed by atoms with Crippen LogP contribution in [0.15, 0.2) is 4.47 Å². The molecule has 2 aliphatic heterocycles. The van der Waals surface area contributed by atoms with Crippen LogP contribution in [0.25, 0.3) is 0 Å². The summed E-state index contributed by atoms with van der Waals surface area (Å²) >= 11 is 3.09. The third-order valence-corrected chi connectivity index (χ3v) is 5.65. The van der Waals surface area contributed by atoms with E-state index in [2.05, 4.69) is 15.9 Å². The molecule has 4 N–H and O–H groups in total. The first kappa shape index (κ1) is 21.6. The van der Waals surface area contributed by atoms with Crippen molar-refractivity contribution in [2.75, 3.05) is 13.7 Å². The number of aromatic hydroxyl groups is 2. The van der Waals surface area contributed by atoms with Crippen LogP contribution in [0.1, 0.15) is 41.8 Å². The highest BCUT2D eigenvalue weighted by Gasteiger charge is 2.54. The van der Waals surface area contributed by atoms with Crippen LogP contribution in [0.4, 0.5) is 0 Å².